The molecular weight excluding hydrogens is 264 g/mol. The maximum atomic E-state index is 6.40. The SMILES string of the molecule is CC[C@@]12OO[C@@](c3ccccc3)(O1)c1ccccc1C2C. The van der Waals surface area contributed by atoms with Crippen LogP contribution in [0.5, 0.6) is 0 Å². The fourth-order valence-electron chi connectivity index (χ4n) is 3.44. The second-order valence-electron chi connectivity index (χ2n) is 5.73. The number of ether oxygens (including phenoxy) is 1. The van der Waals surface area contributed by atoms with E-state index in [2.05, 4.69) is 32.0 Å². The van der Waals surface area contributed by atoms with Crippen LogP contribution in [0.25, 0.3) is 0 Å². The Labute approximate surface area is 124 Å². The summed E-state index contributed by atoms with van der Waals surface area (Å²) in [6, 6.07) is 18.3. The van der Waals surface area contributed by atoms with Crippen LogP contribution in [-0.2, 0) is 20.3 Å². The molecule has 0 radical (unpaired) electrons. The van der Waals surface area contributed by atoms with Crippen molar-refractivity contribution >= 4 is 0 Å². The van der Waals surface area contributed by atoms with Gasteiger partial charge in [-0.25, -0.2) is 0 Å². The highest BCUT2D eigenvalue weighted by Gasteiger charge is 2.61. The molecule has 2 aromatic carbocycles. The van der Waals surface area contributed by atoms with Crippen LogP contribution in [0.4, 0.5) is 0 Å². The van der Waals surface area contributed by atoms with Crippen LogP contribution in [0.2, 0.25) is 0 Å². The van der Waals surface area contributed by atoms with Crippen molar-refractivity contribution in [2.75, 3.05) is 0 Å². The summed E-state index contributed by atoms with van der Waals surface area (Å²) >= 11 is 0. The van der Waals surface area contributed by atoms with E-state index in [0.29, 0.717) is 0 Å². The van der Waals surface area contributed by atoms with Crippen molar-refractivity contribution in [1.29, 1.82) is 0 Å². The van der Waals surface area contributed by atoms with E-state index in [1.807, 2.05) is 36.4 Å². The van der Waals surface area contributed by atoms with Gasteiger partial charge >= 0.3 is 0 Å². The molecule has 0 aromatic heterocycles. The Morgan fingerprint density at radius 1 is 0.952 bits per heavy atom. The summed E-state index contributed by atoms with van der Waals surface area (Å²) in [7, 11) is 0. The zero-order valence-electron chi connectivity index (χ0n) is 12.2. The van der Waals surface area contributed by atoms with E-state index in [1.165, 1.54) is 5.56 Å². The van der Waals surface area contributed by atoms with Gasteiger partial charge in [-0.3, -0.25) is 0 Å². The molecule has 0 saturated carbocycles. The largest absolute Gasteiger partial charge is 0.304 e. The van der Waals surface area contributed by atoms with Crippen molar-refractivity contribution < 1.29 is 14.5 Å². The van der Waals surface area contributed by atoms with Gasteiger partial charge in [-0.2, -0.15) is 9.78 Å². The predicted octanol–water partition coefficient (Wildman–Crippen LogP) is 4.09. The zero-order valence-corrected chi connectivity index (χ0v) is 12.2. The molecule has 2 aliphatic rings. The van der Waals surface area contributed by atoms with Gasteiger partial charge in [-0.15, -0.1) is 0 Å². The average molecular weight is 282 g/mol. The van der Waals surface area contributed by atoms with E-state index in [9.17, 15) is 0 Å². The summed E-state index contributed by atoms with van der Waals surface area (Å²) < 4.78 is 6.40. The minimum absolute atomic E-state index is 0.123. The normalized spacial score (nSPS) is 33.7. The minimum Gasteiger partial charge on any atom is -0.304 e. The third kappa shape index (κ3) is 1.59. The molecule has 0 amide bonds. The summed E-state index contributed by atoms with van der Waals surface area (Å²) in [5.74, 6) is -1.55. The number of benzene rings is 2. The highest BCUT2D eigenvalue weighted by Crippen LogP contribution is 2.57. The van der Waals surface area contributed by atoms with Gasteiger partial charge in [-0.05, 0) is 5.56 Å². The van der Waals surface area contributed by atoms with Crippen molar-refractivity contribution in [3.05, 3.63) is 71.3 Å². The quantitative estimate of drug-likeness (QED) is 0.776. The molecule has 3 atom stereocenters. The molecular formula is C18H18O3. The van der Waals surface area contributed by atoms with Gasteiger partial charge in [0.15, 0.2) is 0 Å². The molecule has 1 unspecified atom stereocenters. The van der Waals surface area contributed by atoms with Crippen molar-refractivity contribution in [2.24, 2.45) is 0 Å². The monoisotopic (exact) mass is 282 g/mol. The first-order valence-electron chi connectivity index (χ1n) is 7.44. The average Bonchev–Trinajstić information content (AvgIpc) is 2.93. The molecule has 1 saturated heterocycles. The fraction of sp³-hybridized carbons (Fsp3) is 0.333. The maximum absolute atomic E-state index is 6.40. The van der Waals surface area contributed by atoms with Gasteiger partial charge in [0.1, 0.15) is 0 Å². The van der Waals surface area contributed by atoms with Crippen molar-refractivity contribution in [1.82, 2.24) is 0 Å². The highest BCUT2D eigenvalue weighted by atomic mass is 17.3. The van der Waals surface area contributed by atoms with Gasteiger partial charge in [-0.1, -0.05) is 68.4 Å². The molecule has 4 rings (SSSR count). The van der Waals surface area contributed by atoms with Crippen LogP contribution < -0.4 is 0 Å². The lowest BCUT2D eigenvalue weighted by molar-refractivity contribution is -0.346. The number of hydrogen-bond acceptors (Lipinski definition) is 3. The van der Waals surface area contributed by atoms with E-state index in [1.54, 1.807) is 0 Å². The summed E-state index contributed by atoms with van der Waals surface area (Å²) in [4.78, 5) is 11.6. The number of rotatable bonds is 2. The number of fused-ring (bicyclic) bond motifs is 4. The lowest BCUT2D eigenvalue weighted by atomic mass is 9.80. The molecule has 0 aliphatic carbocycles. The lowest BCUT2D eigenvalue weighted by Crippen LogP contribution is -2.44. The van der Waals surface area contributed by atoms with Crippen molar-refractivity contribution in [3.8, 4) is 0 Å². The summed E-state index contributed by atoms with van der Waals surface area (Å²) in [6.07, 6.45) is 0.733. The van der Waals surface area contributed by atoms with E-state index in [4.69, 9.17) is 14.5 Å². The van der Waals surface area contributed by atoms with Gasteiger partial charge in [0.2, 0.25) is 5.79 Å². The van der Waals surface area contributed by atoms with Gasteiger partial charge < -0.3 is 4.74 Å². The summed E-state index contributed by atoms with van der Waals surface area (Å²) in [5, 5.41) is 0. The van der Waals surface area contributed by atoms with Gasteiger partial charge in [0.25, 0.3) is 5.79 Å². The molecule has 3 heteroatoms. The van der Waals surface area contributed by atoms with E-state index in [0.717, 1.165) is 17.5 Å². The third-order valence-corrected chi connectivity index (χ3v) is 4.70. The first-order valence-corrected chi connectivity index (χ1v) is 7.44. The van der Waals surface area contributed by atoms with Crippen LogP contribution in [-0.4, -0.2) is 5.79 Å². The Morgan fingerprint density at radius 3 is 2.43 bits per heavy atom. The maximum Gasteiger partial charge on any atom is 0.257 e. The molecule has 3 nitrogen and oxygen atoms in total. The second-order valence-corrected chi connectivity index (χ2v) is 5.73. The molecule has 21 heavy (non-hydrogen) atoms. The Bertz CT molecular complexity index is 669. The zero-order chi connectivity index (χ0) is 14.5. The smallest absolute Gasteiger partial charge is 0.257 e. The van der Waals surface area contributed by atoms with E-state index < -0.39 is 11.6 Å². The van der Waals surface area contributed by atoms with Crippen molar-refractivity contribution in [2.45, 2.75) is 37.8 Å². The molecule has 2 aromatic rings. The van der Waals surface area contributed by atoms with E-state index >= 15 is 0 Å². The van der Waals surface area contributed by atoms with E-state index in [-0.39, 0.29) is 5.92 Å². The van der Waals surface area contributed by atoms with Gasteiger partial charge in [0.05, 0.1) is 0 Å². The first-order chi connectivity index (χ1) is 10.2. The Morgan fingerprint density at radius 2 is 1.67 bits per heavy atom. The fourth-order valence-corrected chi connectivity index (χ4v) is 3.44. The van der Waals surface area contributed by atoms with Crippen LogP contribution >= 0.6 is 0 Å². The third-order valence-electron chi connectivity index (χ3n) is 4.70. The van der Waals surface area contributed by atoms with Crippen LogP contribution in [0.1, 0.15) is 42.9 Å². The lowest BCUT2D eigenvalue weighted by Gasteiger charge is -2.40. The van der Waals surface area contributed by atoms with Crippen LogP contribution in [0, 0.1) is 0 Å². The molecule has 0 N–H and O–H groups in total. The van der Waals surface area contributed by atoms with Crippen LogP contribution in [0.15, 0.2) is 54.6 Å². The highest BCUT2D eigenvalue weighted by molar-refractivity contribution is 5.44. The number of hydrogen-bond donors (Lipinski definition) is 0. The molecule has 2 aliphatic heterocycles. The first kappa shape index (κ1) is 13.0. The molecule has 1 fully saturated rings. The minimum atomic E-state index is -0.958. The summed E-state index contributed by atoms with van der Waals surface area (Å²) in [6.45, 7) is 4.20. The van der Waals surface area contributed by atoms with Crippen LogP contribution in [0.3, 0.4) is 0 Å². The Kier molecular flexibility index (Phi) is 2.73. The Hall–Kier alpha value is -1.68. The molecule has 2 bridgehead atoms. The summed E-state index contributed by atoms with van der Waals surface area (Å²) in [5.41, 5.74) is 3.22. The second kappa shape index (κ2) is 4.41. The molecule has 2 heterocycles. The molecule has 108 valence electrons. The molecule has 0 spiro atoms. The topological polar surface area (TPSA) is 27.7 Å². The van der Waals surface area contributed by atoms with Crippen molar-refractivity contribution in [3.63, 3.8) is 0 Å². The predicted molar refractivity (Wildman–Crippen MR) is 78.4 cm³/mol. The standard InChI is InChI=1S/C18H18O3/c1-3-17-13(2)15-11-7-8-12-16(15)18(19-17,21-20-17)14-9-5-4-6-10-14/h4-13H,3H2,1-2H3/t13?,17-,18+/m0/s1. The van der Waals surface area contributed by atoms with Gasteiger partial charge in [0, 0.05) is 23.5 Å². The Balaban J connectivity index is 1.98.